The number of halogens is 1. The van der Waals surface area contributed by atoms with Crippen LogP contribution in [0.2, 0.25) is 0 Å². The molecule has 0 unspecified atom stereocenters. The van der Waals surface area contributed by atoms with Gasteiger partial charge in [-0.1, -0.05) is 12.1 Å². The molecule has 1 aromatic rings. The van der Waals surface area contributed by atoms with Crippen molar-refractivity contribution in [1.82, 2.24) is 0 Å². The summed E-state index contributed by atoms with van der Waals surface area (Å²) in [7, 11) is 0. The molecule has 1 rings (SSSR count). The van der Waals surface area contributed by atoms with Gasteiger partial charge < -0.3 is 17.2 Å². The van der Waals surface area contributed by atoms with E-state index in [2.05, 4.69) is 10.2 Å². The number of guanidine groups is 1. The van der Waals surface area contributed by atoms with Gasteiger partial charge in [0.2, 0.25) is 5.96 Å². The summed E-state index contributed by atoms with van der Waals surface area (Å²) in [4.78, 5) is 0. The van der Waals surface area contributed by atoms with Crippen LogP contribution in [0.25, 0.3) is 0 Å². The lowest BCUT2D eigenvalue weighted by Crippen LogP contribution is -2.22. The molecule has 0 fully saturated rings. The molecular weight excluding hydrogens is 214 g/mol. The molecule has 0 spiro atoms. The SMILES string of the molecule is CC(=NN=C(N)N)c1ccc(N)cc1.Cl. The quantitative estimate of drug-likeness (QED) is 0.300. The first-order chi connectivity index (χ1) is 6.59. The molecule has 1 aromatic carbocycles. The molecule has 15 heavy (non-hydrogen) atoms. The van der Waals surface area contributed by atoms with Gasteiger partial charge in [-0.15, -0.1) is 17.5 Å². The van der Waals surface area contributed by atoms with Crippen LogP contribution in [0.5, 0.6) is 0 Å². The van der Waals surface area contributed by atoms with Crippen molar-refractivity contribution in [3.63, 3.8) is 0 Å². The Kier molecular flexibility index (Phi) is 5.19. The minimum atomic E-state index is -0.0557. The molecule has 6 heteroatoms. The summed E-state index contributed by atoms with van der Waals surface area (Å²) >= 11 is 0. The first-order valence-electron chi connectivity index (χ1n) is 4.08. The predicted molar refractivity (Wildman–Crippen MR) is 66.1 cm³/mol. The van der Waals surface area contributed by atoms with Crippen LogP contribution in [0.1, 0.15) is 12.5 Å². The number of hydrogen-bond donors (Lipinski definition) is 3. The van der Waals surface area contributed by atoms with E-state index in [9.17, 15) is 0 Å². The van der Waals surface area contributed by atoms with E-state index in [1.54, 1.807) is 12.1 Å². The Morgan fingerprint density at radius 1 is 1.07 bits per heavy atom. The van der Waals surface area contributed by atoms with Crippen LogP contribution in [0.3, 0.4) is 0 Å². The second-order valence-electron chi connectivity index (χ2n) is 2.83. The highest BCUT2D eigenvalue weighted by Crippen LogP contribution is 2.06. The molecule has 0 aromatic heterocycles. The van der Waals surface area contributed by atoms with Crippen LogP contribution in [0.15, 0.2) is 34.5 Å². The number of benzene rings is 1. The number of anilines is 1. The lowest BCUT2D eigenvalue weighted by Gasteiger charge is -1.98. The highest BCUT2D eigenvalue weighted by atomic mass is 35.5. The number of hydrogen-bond acceptors (Lipinski definition) is 3. The van der Waals surface area contributed by atoms with Gasteiger partial charge in [-0.05, 0) is 24.6 Å². The molecule has 82 valence electrons. The molecular formula is C9H14ClN5. The fraction of sp³-hybridized carbons (Fsp3) is 0.111. The zero-order chi connectivity index (χ0) is 10.6. The molecule has 6 N–H and O–H groups in total. The number of nitrogen functional groups attached to an aromatic ring is 1. The second kappa shape index (κ2) is 5.87. The molecule has 0 radical (unpaired) electrons. The Balaban J connectivity index is 0.00000196. The summed E-state index contributed by atoms with van der Waals surface area (Å²) in [6.07, 6.45) is 0. The fourth-order valence-electron chi connectivity index (χ4n) is 0.915. The molecule has 0 bridgehead atoms. The Labute approximate surface area is 94.5 Å². The standard InChI is InChI=1S/C9H13N5.ClH/c1-6(13-14-9(11)12)7-2-4-8(10)5-3-7;/h2-5H,10H2,1H3,(H4,11,12,14);1H. The largest absolute Gasteiger partial charge is 0.399 e. The molecule has 0 saturated heterocycles. The topological polar surface area (TPSA) is 103 Å². The fourth-order valence-corrected chi connectivity index (χ4v) is 0.915. The summed E-state index contributed by atoms with van der Waals surface area (Å²) in [6.45, 7) is 1.82. The average Bonchev–Trinajstić information content (AvgIpc) is 2.15. The summed E-state index contributed by atoms with van der Waals surface area (Å²) in [6, 6.07) is 7.31. The molecule has 5 nitrogen and oxygen atoms in total. The third kappa shape index (κ3) is 4.33. The molecule has 0 aliphatic rings. The maximum Gasteiger partial charge on any atom is 0.211 e. The van der Waals surface area contributed by atoms with Gasteiger partial charge in [-0.25, -0.2) is 0 Å². The average molecular weight is 228 g/mol. The van der Waals surface area contributed by atoms with Crippen LogP contribution in [-0.4, -0.2) is 11.7 Å². The van der Waals surface area contributed by atoms with E-state index in [4.69, 9.17) is 17.2 Å². The van der Waals surface area contributed by atoms with E-state index in [-0.39, 0.29) is 18.4 Å². The van der Waals surface area contributed by atoms with Gasteiger partial charge >= 0.3 is 0 Å². The minimum Gasteiger partial charge on any atom is -0.399 e. The third-order valence-corrected chi connectivity index (χ3v) is 1.64. The van der Waals surface area contributed by atoms with E-state index in [0.717, 1.165) is 11.3 Å². The maximum atomic E-state index is 5.54. The Bertz CT molecular complexity index is 365. The summed E-state index contributed by atoms with van der Waals surface area (Å²) in [5.74, 6) is -0.0557. The van der Waals surface area contributed by atoms with Gasteiger partial charge in [0.25, 0.3) is 0 Å². The predicted octanol–water partition coefficient (Wildman–Crippen LogP) is 0.688. The highest BCUT2D eigenvalue weighted by Gasteiger charge is 1.95. The van der Waals surface area contributed by atoms with Crippen molar-refractivity contribution in [1.29, 1.82) is 0 Å². The van der Waals surface area contributed by atoms with Gasteiger partial charge in [0.1, 0.15) is 0 Å². The highest BCUT2D eigenvalue weighted by molar-refractivity contribution is 5.99. The Hall–Kier alpha value is -1.75. The van der Waals surface area contributed by atoms with Crippen LogP contribution in [-0.2, 0) is 0 Å². The van der Waals surface area contributed by atoms with Gasteiger partial charge in [-0.2, -0.15) is 5.10 Å². The molecule has 0 heterocycles. The van der Waals surface area contributed by atoms with Crippen molar-refractivity contribution in [2.24, 2.45) is 21.7 Å². The van der Waals surface area contributed by atoms with Gasteiger partial charge in [0.05, 0.1) is 5.71 Å². The number of rotatable bonds is 2. The van der Waals surface area contributed by atoms with Crippen molar-refractivity contribution in [3.05, 3.63) is 29.8 Å². The van der Waals surface area contributed by atoms with Gasteiger partial charge in [-0.3, -0.25) is 0 Å². The van der Waals surface area contributed by atoms with E-state index in [1.165, 1.54) is 0 Å². The maximum absolute atomic E-state index is 5.54. The Morgan fingerprint density at radius 2 is 1.60 bits per heavy atom. The first-order valence-corrected chi connectivity index (χ1v) is 4.08. The van der Waals surface area contributed by atoms with E-state index in [0.29, 0.717) is 5.69 Å². The molecule has 0 aliphatic carbocycles. The molecule has 0 aliphatic heterocycles. The third-order valence-electron chi connectivity index (χ3n) is 1.64. The second-order valence-corrected chi connectivity index (χ2v) is 2.83. The smallest absolute Gasteiger partial charge is 0.211 e. The summed E-state index contributed by atoms with van der Waals surface area (Å²) in [5.41, 5.74) is 18.2. The molecule has 0 saturated carbocycles. The minimum absolute atomic E-state index is 0. The number of nitrogens with two attached hydrogens (primary N) is 3. The summed E-state index contributed by atoms with van der Waals surface area (Å²) < 4.78 is 0. The molecule has 0 amide bonds. The van der Waals surface area contributed by atoms with E-state index in [1.807, 2.05) is 19.1 Å². The lowest BCUT2D eigenvalue weighted by molar-refractivity contribution is 1.20. The zero-order valence-corrected chi connectivity index (χ0v) is 9.16. The molecule has 0 atom stereocenters. The van der Waals surface area contributed by atoms with Crippen LogP contribution in [0.4, 0.5) is 5.69 Å². The lowest BCUT2D eigenvalue weighted by atomic mass is 10.1. The van der Waals surface area contributed by atoms with E-state index >= 15 is 0 Å². The van der Waals surface area contributed by atoms with Crippen molar-refractivity contribution < 1.29 is 0 Å². The van der Waals surface area contributed by atoms with Gasteiger partial charge in [0.15, 0.2) is 0 Å². The van der Waals surface area contributed by atoms with Crippen molar-refractivity contribution >= 4 is 29.8 Å². The summed E-state index contributed by atoms with van der Waals surface area (Å²) in [5, 5.41) is 7.39. The van der Waals surface area contributed by atoms with Crippen LogP contribution >= 0.6 is 12.4 Å². The number of nitrogens with zero attached hydrogens (tertiary/aromatic N) is 2. The normalized spacial score (nSPS) is 10.3. The van der Waals surface area contributed by atoms with Crippen molar-refractivity contribution in [2.75, 3.05) is 5.73 Å². The Morgan fingerprint density at radius 3 is 2.07 bits per heavy atom. The monoisotopic (exact) mass is 227 g/mol. The van der Waals surface area contributed by atoms with Gasteiger partial charge in [0, 0.05) is 5.69 Å². The van der Waals surface area contributed by atoms with Crippen molar-refractivity contribution in [3.8, 4) is 0 Å². The van der Waals surface area contributed by atoms with Crippen molar-refractivity contribution in [2.45, 2.75) is 6.92 Å². The van der Waals surface area contributed by atoms with Crippen LogP contribution < -0.4 is 17.2 Å². The zero-order valence-electron chi connectivity index (χ0n) is 8.34. The first kappa shape index (κ1) is 13.2. The van der Waals surface area contributed by atoms with E-state index < -0.39 is 0 Å². The van der Waals surface area contributed by atoms with Crippen LogP contribution in [0, 0.1) is 0 Å².